The zero-order valence-corrected chi connectivity index (χ0v) is 28.1. The van der Waals surface area contributed by atoms with Crippen molar-refractivity contribution in [2.45, 2.75) is 13.8 Å². The Balaban J connectivity index is 0. The van der Waals surface area contributed by atoms with Gasteiger partial charge in [0, 0.05) is 137 Å². The minimum Gasteiger partial charge on any atom is -0.450 e. The summed E-state index contributed by atoms with van der Waals surface area (Å²) < 4.78 is 11.7. The van der Waals surface area contributed by atoms with Gasteiger partial charge < -0.3 is 8.83 Å². The van der Waals surface area contributed by atoms with Crippen LogP contribution in [0.15, 0.2) is 65.4 Å². The molecule has 26 heteroatoms. The van der Waals surface area contributed by atoms with Gasteiger partial charge >= 0.3 is 0 Å². The van der Waals surface area contributed by atoms with Gasteiger partial charge in [0.1, 0.15) is 17.8 Å². The number of halogens is 2. The summed E-state index contributed by atoms with van der Waals surface area (Å²) in [7, 11) is 59.2. The van der Waals surface area contributed by atoms with Crippen LogP contribution in [0.1, 0.15) is 25.4 Å². The maximum Gasteiger partial charge on any atom is 0.262 e. The molecule has 2 rings (SSSR count). The Labute approximate surface area is 303 Å². The van der Waals surface area contributed by atoms with E-state index in [2.05, 4.69) is 36.7 Å². The quantitative estimate of drug-likeness (QED) is 0.0821. The fraction of sp³-hybridized carbons (Fsp3) is 0.105. The molecule has 0 aromatic carbocycles. The average Bonchev–Trinajstić information content (AvgIpc) is 3.54. The fourth-order valence-corrected chi connectivity index (χ4v) is 3.56. The number of allylic oxidation sites excluding steroid dienone is 4. The Morgan fingerprint density at radius 2 is 1.22 bits per heavy atom. The smallest absolute Gasteiger partial charge is 0.262 e. The second-order valence-electron chi connectivity index (χ2n) is 9.17. The Hall–Kier alpha value is -1.38. The number of hydrogen-bond acceptors (Lipinski definition) is 4. The van der Waals surface area contributed by atoms with Gasteiger partial charge in [-0.15, -0.1) is 0 Å². The van der Waals surface area contributed by atoms with E-state index in [0.29, 0.717) is 26.4 Å². The Kier molecular flexibility index (Phi) is 26.1. The van der Waals surface area contributed by atoms with Crippen LogP contribution in [0.25, 0.3) is 17.0 Å². The molecule has 0 aliphatic carbocycles. The summed E-state index contributed by atoms with van der Waals surface area (Å²) in [6, 6.07) is 8.95. The van der Waals surface area contributed by atoms with E-state index < -0.39 is 38.3 Å². The number of nitrogens with zero attached hydrogens (tertiary/aromatic N) is 2. The number of furan rings is 2. The Morgan fingerprint density at radius 3 is 1.42 bits per heavy atom. The van der Waals surface area contributed by atoms with Crippen LogP contribution in [-0.2, 0) is 4.79 Å². The third kappa shape index (κ3) is 21.9. The Morgan fingerprint density at radius 1 is 0.822 bits per heavy atom. The van der Waals surface area contributed by atoms with Crippen LogP contribution < -0.4 is 0 Å². The molecule has 0 bridgehead atoms. The van der Waals surface area contributed by atoms with Crippen LogP contribution in [0.5, 0.6) is 0 Å². The van der Waals surface area contributed by atoms with Gasteiger partial charge in [-0.1, -0.05) is 5.57 Å². The maximum atomic E-state index is 10.2. The molecule has 2 heterocycles. The van der Waals surface area contributed by atoms with Gasteiger partial charge in [-0.05, 0) is 93.8 Å². The van der Waals surface area contributed by atoms with Crippen molar-refractivity contribution in [3.8, 4) is 6.07 Å². The molecule has 0 amide bonds. The molecule has 45 heavy (non-hydrogen) atoms. The van der Waals surface area contributed by atoms with Crippen molar-refractivity contribution < 1.29 is 13.6 Å². The molecule has 23 radical (unpaired) electrons. The van der Waals surface area contributed by atoms with Crippen molar-refractivity contribution in [1.82, 2.24) is 0 Å². The highest BCUT2D eigenvalue weighted by Crippen LogP contribution is 2.17. The molecule has 0 aliphatic heterocycles. The molecule has 0 N–H and O–H groups in total. The van der Waals surface area contributed by atoms with E-state index in [9.17, 15) is 4.79 Å². The van der Waals surface area contributed by atoms with Crippen molar-refractivity contribution in [1.29, 1.82) is 5.26 Å². The van der Waals surface area contributed by atoms with Crippen LogP contribution in [0, 0.1) is 17.9 Å². The first-order valence-corrected chi connectivity index (χ1v) is 14.4. The molecule has 0 unspecified atom stereocenters. The SMILES string of the molecule is C/C(C=O)=C\c1ccc(Br)o1.[B]B([B])B(B([B])[B])B([B])[B].[B][B]B(B([B])[B])B([B])[B].[C-]#[N+]/C(C#N)=C\C(C)=C\c1ccc(Br)o1. The molecule has 0 spiro atoms. The lowest BCUT2D eigenvalue weighted by atomic mass is 8.58. The van der Waals surface area contributed by atoms with Crippen LogP contribution in [0.4, 0.5) is 0 Å². The van der Waals surface area contributed by atoms with Crippen molar-refractivity contribution >= 4 is 187 Å². The first-order valence-electron chi connectivity index (χ1n) is 12.9. The minimum absolute atomic E-state index is 0.0642. The normalized spacial score (nSPS) is 10.3. The zero-order valence-electron chi connectivity index (χ0n) is 25.0. The van der Waals surface area contributed by atoms with E-state index in [-0.39, 0.29) is 12.1 Å². The predicted molar refractivity (Wildman–Crippen MR) is 216 cm³/mol. The molecule has 5 nitrogen and oxygen atoms in total. The largest absolute Gasteiger partial charge is 0.450 e. The van der Waals surface area contributed by atoms with E-state index >= 15 is 0 Å². The minimum atomic E-state index is -0.667. The van der Waals surface area contributed by atoms with Gasteiger partial charge in [-0.2, -0.15) is 0 Å². The van der Waals surface area contributed by atoms with Crippen molar-refractivity contribution in [2.75, 3.05) is 0 Å². The van der Waals surface area contributed by atoms with Gasteiger partial charge in [-0.3, -0.25) is 4.79 Å². The topological polar surface area (TPSA) is 71.5 Å². The van der Waals surface area contributed by atoms with Crippen LogP contribution >= 0.6 is 31.9 Å². The summed E-state index contributed by atoms with van der Waals surface area (Å²) in [5.74, 6) is 1.36. The number of nitriles is 1. The monoisotopic (exact) mass is 685 g/mol. The highest BCUT2D eigenvalue weighted by atomic mass is 79.9. The molecule has 189 valence electrons. The lowest BCUT2D eigenvalue weighted by molar-refractivity contribution is -0.104. The van der Waals surface area contributed by atoms with Gasteiger partial charge in [0.15, 0.2) is 9.34 Å². The molecular weight excluding hydrogens is 669 g/mol. The summed E-state index contributed by atoms with van der Waals surface area (Å²) in [5.41, 5.74) is 1.51. The first-order chi connectivity index (χ1) is 20.9. The lowest BCUT2D eigenvalue weighted by Crippen LogP contribution is -2.62. The summed E-state index contributed by atoms with van der Waals surface area (Å²) in [4.78, 5) is 13.3. The highest BCUT2D eigenvalue weighted by molar-refractivity contribution is 9.10. The molecule has 2 aromatic rings. The molecular formula is C19H14B19Br2N2O3. The summed E-state index contributed by atoms with van der Waals surface area (Å²) in [6.45, 7) is 10.2. The maximum absolute atomic E-state index is 10.2. The van der Waals surface area contributed by atoms with Crippen LogP contribution in [-0.4, -0.2) is 143 Å². The second kappa shape index (κ2) is 25.7. The number of carbonyl (C=O) groups is 1. The zero-order chi connectivity index (χ0) is 35.3. The first kappa shape index (κ1) is 45.7. The molecule has 2 aromatic heterocycles. The number of aldehydes is 1. The fourth-order valence-electron chi connectivity index (χ4n) is 2.92. The molecule has 0 atom stereocenters. The van der Waals surface area contributed by atoms with E-state index in [1.165, 1.54) is 13.1 Å². The lowest BCUT2D eigenvalue weighted by Gasteiger charge is -2.23. The highest BCUT2D eigenvalue weighted by Gasteiger charge is 2.24. The average molecular weight is 684 g/mol. The molecule has 0 aliphatic rings. The van der Waals surface area contributed by atoms with Gasteiger partial charge in [0.2, 0.25) is 0 Å². The van der Waals surface area contributed by atoms with Crippen molar-refractivity contribution in [2.24, 2.45) is 0 Å². The summed E-state index contributed by atoms with van der Waals surface area (Å²) in [5, 5.41) is 8.55. The number of carbonyl (C=O) groups excluding carboxylic acids is 1. The summed E-state index contributed by atoms with van der Waals surface area (Å²) >= 11 is 6.35. The molecule has 0 saturated heterocycles. The predicted octanol–water partition coefficient (Wildman–Crippen LogP) is -0.819. The molecule has 0 saturated carbocycles. The third-order valence-corrected chi connectivity index (χ3v) is 6.01. The Bertz CT molecular complexity index is 1270. The van der Waals surface area contributed by atoms with Gasteiger partial charge in [0.05, 0.1) is 12.6 Å². The van der Waals surface area contributed by atoms with Crippen molar-refractivity contribution in [3.63, 3.8) is 0 Å². The second-order valence-corrected chi connectivity index (χ2v) is 10.7. The summed E-state index contributed by atoms with van der Waals surface area (Å²) in [6.07, 6.45) is 1.83. The number of rotatable bonds is 10. The van der Waals surface area contributed by atoms with E-state index in [1.807, 2.05) is 0 Å². The standard InChI is InChI=1S/C11H7BrN2O.C8H7BrO2.B10.B9/c1-8(5-9(7-13)14-2)6-10-3-4-11(12)15-10;1-6(5-10)4-7-2-3-8(9)11-7;1-7(2)10(8(3)4)9(5)6;1-6-9(7(2)3)8(4)5/h3-6H,1H3;2-5H,1H3;;/b8-6+,9-5-;6-4+;;. The van der Waals surface area contributed by atoms with Crippen molar-refractivity contribution in [3.05, 3.63) is 79.5 Å². The third-order valence-electron chi connectivity index (χ3n) is 5.16. The van der Waals surface area contributed by atoms with Crippen LogP contribution in [0.2, 0.25) is 0 Å². The van der Waals surface area contributed by atoms with E-state index in [1.54, 1.807) is 56.3 Å². The van der Waals surface area contributed by atoms with Crippen LogP contribution in [0.3, 0.4) is 0 Å². The molecule has 0 fully saturated rings. The van der Waals surface area contributed by atoms with Gasteiger partial charge in [-0.25, -0.2) is 10.1 Å². The number of hydrogen-bond donors (Lipinski definition) is 0. The van der Waals surface area contributed by atoms with E-state index in [0.717, 1.165) is 11.9 Å². The van der Waals surface area contributed by atoms with Gasteiger partial charge in [0.25, 0.3) is 5.70 Å². The van der Waals surface area contributed by atoms with E-state index in [4.69, 9.17) is 106 Å².